The zero-order valence-electron chi connectivity index (χ0n) is 15.8. The Hall–Kier alpha value is -0.450. The van der Waals surface area contributed by atoms with Gasteiger partial charge in [-0.05, 0) is 49.8 Å². The monoisotopic (exact) mass is 557 g/mol. The summed E-state index contributed by atoms with van der Waals surface area (Å²) in [5, 5.41) is 6.54. The van der Waals surface area contributed by atoms with E-state index < -0.39 is 0 Å². The van der Waals surface area contributed by atoms with E-state index in [-0.39, 0.29) is 29.8 Å². The smallest absolute Gasteiger partial charge is 0.190 e. The molecule has 2 N–H and O–H groups in total. The van der Waals surface area contributed by atoms with E-state index in [0.29, 0.717) is 12.5 Å². The molecule has 0 amide bonds. The molecule has 1 aliphatic rings. The SMILES string of the molecule is CN=C(NCCCOC1CCOCC1)NCCCc1ccc(Br)cc1F.I. The second-order valence-electron chi connectivity index (χ2n) is 6.30. The second-order valence-corrected chi connectivity index (χ2v) is 7.22. The predicted octanol–water partition coefficient (Wildman–Crippen LogP) is 3.89. The van der Waals surface area contributed by atoms with Gasteiger partial charge in [0.1, 0.15) is 5.82 Å². The first-order valence-electron chi connectivity index (χ1n) is 9.27. The van der Waals surface area contributed by atoms with Crippen molar-refractivity contribution in [3.63, 3.8) is 0 Å². The first kappa shape index (κ1) is 24.6. The highest BCUT2D eigenvalue weighted by atomic mass is 127. The minimum absolute atomic E-state index is 0. The summed E-state index contributed by atoms with van der Waals surface area (Å²) in [6.07, 6.45) is 4.81. The lowest BCUT2D eigenvalue weighted by Gasteiger charge is -2.22. The molecule has 0 unspecified atom stereocenters. The third kappa shape index (κ3) is 10.0. The first-order chi connectivity index (χ1) is 12.7. The van der Waals surface area contributed by atoms with Crippen LogP contribution in [0.4, 0.5) is 4.39 Å². The van der Waals surface area contributed by atoms with Crippen molar-refractivity contribution >= 4 is 45.9 Å². The fourth-order valence-corrected chi connectivity index (χ4v) is 3.14. The molecular weight excluding hydrogens is 528 g/mol. The van der Waals surface area contributed by atoms with Crippen LogP contribution in [0, 0.1) is 5.82 Å². The van der Waals surface area contributed by atoms with Gasteiger partial charge in [0.15, 0.2) is 5.96 Å². The Morgan fingerprint density at radius 1 is 1.26 bits per heavy atom. The lowest BCUT2D eigenvalue weighted by Crippen LogP contribution is -2.38. The summed E-state index contributed by atoms with van der Waals surface area (Å²) in [7, 11) is 1.75. The van der Waals surface area contributed by atoms with Gasteiger partial charge < -0.3 is 20.1 Å². The number of nitrogens with one attached hydrogen (secondary N) is 2. The van der Waals surface area contributed by atoms with Crippen LogP contribution in [0.15, 0.2) is 27.7 Å². The highest BCUT2D eigenvalue weighted by molar-refractivity contribution is 14.0. The van der Waals surface area contributed by atoms with Gasteiger partial charge in [-0.25, -0.2) is 4.39 Å². The number of aryl methyl sites for hydroxylation is 1. The molecule has 5 nitrogen and oxygen atoms in total. The van der Waals surface area contributed by atoms with Crippen molar-refractivity contribution in [3.05, 3.63) is 34.1 Å². The van der Waals surface area contributed by atoms with Crippen molar-refractivity contribution in [1.29, 1.82) is 0 Å². The number of nitrogens with zero attached hydrogens (tertiary/aromatic N) is 1. The lowest BCUT2D eigenvalue weighted by molar-refractivity contribution is -0.0320. The van der Waals surface area contributed by atoms with E-state index in [0.717, 1.165) is 74.6 Å². The number of halogens is 3. The van der Waals surface area contributed by atoms with Crippen molar-refractivity contribution in [2.24, 2.45) is 4.99 Å². The van der Waals surface area contributed by atoms with Crippen molar-refractivity contribution in [1.82, 2.24) is 10.6 Å². The molecule has 2 rings (SSSR count). The number of benzene rings is 1. The van der Waals surface area contributed by atoms with E-state index in [1.807, 2.05) is 12.1 Å². The van der Waals surface area contributed by atoms with Gasteiger partial charge >= 0.3 is 0 Å². The Bertz CT molecular complexity index is 572. The molecule has 1 heterocycles. The van der Waals surface area contributed by atoms with Crippen molar-refractivity contribution in [2.75, 3.05) is 40.0 Å². The summed E-state index contributed by atoms with van der Waals surface area (Å²) in [5.41, 5.74) is 0.739. The van der Waals surface area contributed by atoms with Gasteiger partial charge in [-0.15, -0.1) is 24.0 Å². The molecule has 8 heteroatoms. The largest absolute Gasteiger partial charge is 0.381 e. The number of aliphatic imine (C=N–C) groups is 1. The number of hydrogen-bond donors (Lipinski definition) is 2. The fourth-order valence-electron chi connectivity index (χ4n) is 2.80. The molecule has 1 aliphatic heterocycles. The molecule has 1 fully saturated rings. The molecule has 0 saturated carbocycles. The Morgan fingerprint density at radius 2 is 1.96 bits per heavy atom. The molecule has 27 heavy (non-hydrogen) atoms. The summed E-state index contributed by atoms with van der Waals surface area (Å²) in [6.45, 7) is 3.92. The minimum atomic E-state index is -0.161. The maximum absolute atomic E-state index is 13.8. The quantitative estimate of drug-likeness (QED) is 0.209. The molecule has 1 saturated heterocycles. The maximum atomic E-state index is 13.8. The van der Waals surface area contributed by atoms with Crippen LogP contribution in [0.1, 0.15) is 31.2 Å². The normalized spacial score (nSPS) is 15.3. The summed E-state index contributed by atoms with van der Waals surface area (Å²) < 4.78 is 25.7. The molecule has 0 radical (unpaired) electrons. The summed E-state index contributed by atoms with van der Waals surface area (Å²) in [4.78, 5) is 4.21. The van der Waals surface area contributed by atoms with Gasteiger partial charge in [0.05, 0.1) is 6.10 Å². The Balaban J connectivity index is 0.00000364. The van der Waals surface area contributed by atoms with Crippen LogP contribution in [-0.4, -0.2) is 52.0 Å². The molecule has 1 aromatic rings. The van der Waals surface area contributed by atoms with Crippen LogP contribution >= 0.6 is 39.9 Å². The maximum Gasteiger partial charge on any atom is 0.190 e. The van der Waals surface area contributed by atoms with Crippen LogP contribution in [0.25, 0.3) is 0 Å². The van der Waals surface area contributed by atoms with Crippen LogP contribution in [0.3, 0.4) is 0 Å². The molecule has 1 aromatic carbocycles. The van der Waals surface area contributed by atoms with Gasteiger partial charge in [-0.3, -0.25) is 4.99 Å². The van der Waals surface area contributed by atoms with E-state index in [9.17, 15) is 4.39 Å². The lowest BCUT2D eigenvalue weighted by atomic mass is 10.1. The third-order valence-corrected chi connectivity index (χ3v) is 4.78. The van der Waals surface area contributed by atoms with E-state index in [4.69, 9.17) is 9.47 Å². The topological polar surface area (TPSA) is 54.9 Å². The summed E-state index contributed by atoms with van der Waals surface area (Å²) in [6, 6.07) is 5.20. The van der Waals surface area contributed by atoms with Crippen molar-refractivity contribution in [2.45, 2.75) is 38.2 Å². The minimum Gasteiger partial charge on any atom is -0.381 e. The zero-order chi connectivity index (χ0) is 18.6. The van der Waals surface area contributed by atoms with E-state index in [1.54, 1.807) is 7.05 Å². The summed E-state index contributed by atoms with van der Waals surface area (Å²) in [5.74, 6) is 0.610. The molecule has 0 bridgehead atoms. The van der Waals surface area contributed by atoms with E-state index >= 15 is 0 Å². The van der Waals surface area contributed by atoms with Gasteiger partial charge in [0.2, 0.25) is 0 Å². The van der Waals surface area contributed by atoms with Crippen LogP contribution < -0.4 is 10.6 Å². The van der Waals surface area contributed by atoms with Gasteiger partial charge in [0.25, 0.3) is 0 Å². The van der Waals surface area contributed by atoms with Crippen LogP contribution in [0.5, 0.6) is 0 Å². The molecule has 0 atom stereocenters. The highest BCUT2D eigenvalue weighted by Crippen LogP contribution is 2.16. The average molecular weight is 558 g/mol. The van der Waals surface area contributed by atoms with Gasteiger partial charge in [-0.2, -0.15) is 0 Å². The zero-order valence-corrected chi connectivity index (χ0v) is 19.7. The van der Waals surface area contributed by atoms with E-state index in [1.165, 1.54) is 6.07 Å². The van der Waals surface area contributed by atoms with Gasteiger partial charge in [-0.1, -0.05) is 22.0 Å². The first-order valence-corrected chi connectivity index (χ1v) is 10.1. The molecular formula is C19H30BrFIN3O2. The standard InChI is InChI=1S/C19H29BrFN3O2.HI/c1-22-19(24-10-3-11-26-17-7-12-25-13-8-17)23-9-2-4-15-5-6-16(20)14-18(15)21;/h5-6,14,17H,2-4,7-13H2,1H3,(H2,22,23,24);1H. The third-order valence-electron chi connectivity index (χ3n) is 4.29. The van der Waals surface area contributed by atoms with Crippen molar-refractivity contribution < 1.29 is 13.9 Å². The molecule has 0 spiro atoms. The molecule has 0 aliphatic carbocycles. The van der Waals surface area contributed by atoms with Crippen molar-refractivity contribution in [3.8, 4) is 0 Å². The number of guanidine groups is 1. The number of rotatable bonds is 9. The number of hydrogen-bond acceptors (Lipinski definition) is 3. The fraction of sp³-hybridized carbons (Fsp3) is 0.632. The van der Waals surface area contributed by atoms with E-state index in [2.05, 4.69) is 31.6 Å². The summed E-state index contributed by atoms with van der Waals surface area (Å²) >= 11 is 3.27. The van der Waals surface area contributed by atoms with Crippen LogP contribution in [0.2, 0.25) is 0 Å². The molecule has 154 valence electrons. The highest BCUT2D eigenvalue weighted by Gasteiger charge is 2.13. The predicted molar refractivity (Wildman–Crippen MR) is 122 cm³/mol. The Kier molecular flexibility index (Phi) is 13.2. The van der Waals surface area contributed by atoms with Crippen LogP contribution in [-0.2, 0) is 15.9 Å². The Morgan fingerprint density at radius 3 is 2.63 bits per heavy atom. The Labute approximate surface area is 187 Å². The van der Waals surface area contributed by atoms with Gasteiger partial charge in [0, 0.05) is 44.4 Å². The number of ether oxygens (including phenoxy) is 2. The second kappa shape index (κ2) is 14.5. The average Bonchev–Trinajstić information content (AvgIpc) is 2.65. The molecule has 0 aromatic heterocycles.